The number of hydrogen-bond donors (Lipinski definition) is 1. The van der Waals surface area contributed by atoms with Crippen LogP contribution in [-0.4, -0.2) is 25.1 Å². The van der Waals surface area contributed by atoms with Gasteiger partial charge >= 0.3 is 0 Å². The highest BCUT2D eigenvalue weighted by molar-refractivity contribution is 5.84. The minimum absolute atomic E-state index is 0.0147. The van der Waals surface area contributed by atoms with E-state index in [4.69, 9.17) is 0 Å². The topological polar surface area (TPSA) is 64.7 Å². The Morgan fingerprint density at radius 1 is 1.17 bits per heavy atom. The van der Waals surface area contributed by atoms with Gasteiger partial charge in [0.15, 0.2) is 0 Å². The Morgan fingerprint density at radius 3 is 2.59 bits per heavy atom. The van der Waals surface area contributed by atoms with Crippen molar-refractivity contribution in [3.05, 3.63) is 76.5 Å². The highest BCUT2D eigenvalue weighted by atomic mass is 16.1. The first kappa shape index (κ1) is 17.7. The van der Waals surface area contributed by atoms with Gasteiger partial charge in [0.05, 0.1) is 22.7 Å². The van der Waals surface area contributed by atoms with Crippen molar-refractivity contribution in [3.8, 4) is 11.4 Å². The Morgan fingerprint density at radius 2 is 1.93 bits per heavy atom. The molecule has 6 nitrogen and oxygen atoms in total. The second-order valence-corrected chi connectivity index (χ2v) is 7.62. The van der Waals surface area contributed by atoms with Gasteiger partial charge in [-0.2, -0.15) is 0 Å². The average molecular weight is 385 g/mol. The Labute approximate surface area is 168 Å². The first-order chi connectivity index (χ1) is 14.1. The van der Waals surface area contributed by atoms with Crippen molar-refractivity contribution in [2.45, 2.75) is 32.4 Å². The van der Waals surface area contributed by atoms with E-state index in [1.165, 1.54) is 11.1 Å². The van der Waals surface area contributed by atoms with Crippen molar-refractivity contribution in [1.29, 1.82) is 0 Å². The summed E-state index contributed by atoms with van der Waals surface area (Å²) in [4.78, 5) is 22.3. The third kappa shape index (κ3) is 3.01. The molecule has 0 spiro atoms. The number of aryl methyl sites for hydroxylation is 2. The van der Waals surface area contributed by atoms with E-state index in [9.17, 15) is 4.79 Å². The molecular weight excluding hydrogens is 362 g/mol. The summed E-state index contributed by atoms with van der Waals surface area (Å²) in [7, 11) is 1.90. The van der Waals surface area contributed by atoms with Crippen LogP contribution in [0.15, 0.2) is 59.9 Å². The fourth-order valence-electron chi connectivity index (χ4n) is 4.28. The number of aromatic nitrogens is 4. The number of hydrogen-bond acceptors (Lipinski definition) is 4. The number of anilines is 1. The molecule has 3 heterocycles. The number of nitrogens with one attached hydrogen (secondary N) is 1. The zero-order valence-electron chi connectivity index (χ0n) is 16.6. The summed E-state index contributed by atoms with van der Waals surface area (Å²) in [5.41, 5.74) is 4.21. The maximum atomic E-state index is 13.3. The van der Waals surface area contributed by atoms with Gasteiger partial charge in [0.1, 0.15) is 11.6 Å². The minimum atomic E-state index is -0.0147. The van der Waals surface area contributed by atoms with Crippen molar-refractivity contribution >= 4 is 16.7 Å². The van der Waals surface area contributed by atoms with Crippen molar-refractivity contribution in [3.63, 3.8) is 0 Å². The van der Waals surface area contributed by atoms with E-state index < -0.39 is 0 Å². The molecule has 1 N–H and O–H groups in total. The van der Waals surface area contributed by atoms with Crippen LogP contribution in [0.3, 0.4) is 0 Å². The van der Waals surface area contributed by atoms with Crippen LogP contribution < -0.4 is 10.7 Å². The van der Waals surface area contributed by atoms with Crippen molar-refractivity contribution < 1.29 is 0 Å². The lowest BCUT2D eigenvalue weighted by molar-refractivity contribution is 0.767. The molecule has 0 fully saturated rings. The fourth-order valence-corrected chi connectivity index (χ4v) is 4.28. The summed E-state index contributed by atoms with van der Waals surface area (Å²) < 4.78 is 3.93. The Balaban J connectivity index is 1.55. The molecule has 6 heteroatoms. The van der Waals surface area contributed by atoms with Crippen molar-refractivity contribution in [2.24, 2.45) is 7.05 Å². The molecular formula is C23H23N5O. The largest absolute Gasteiger partial charge is 0.367 e. The second kappa shape index (κ2) is 6.88. The summed E-state index contributed by atoms with van der Waals surface area (Å²) in [5.74, 6) is 1.42. The molecule has 3 aromatic heterocycles. The molecule has 0 saturated heterocycles. The van der Waals surface area contributed by atoms with Crippen LogP contribution in [0.1, 0.15) is 18.1 Å². The predicted molar refractivity (Wildman–Crippen MR) is 115 cm³/mol. The first-order valence-electron chi connectivity index (χ1n) is 9.98. The molecule has 146 valence electrons. The van der Waals surface area contributed by atoms with Crippen LogP contribution in [0.25, 0.3) is 22.3 Å². The van der Waals surface area contributed by atoms with E-state index >= 15 is 0 Å². The number of imidazole rings is 1. The van der Waals surface area contributed by atoms with Gasteiger partial charge < -0.3 is 14.5 Å². The second-order valence-electron chi connectivity index (χ2n) is 7.62. The monoisotopic (exact) mass is 385 g/mol. The molecule has 0 unspecified atom stereocenters. The number of pyridine rings is 2. The van der Waals surface area contributed by atoms with Gasteiger partial charge in [-0.15, -0.1) is 0 Å². The van der Waals surface area contributed by atoms with E-state index in [2.05, 4.69) is 51.0 Å². The molecule has 0 bridgehead atoms. The lowest BCUT2D eigenvalue weighted by Gasteiger charge is -2.15. The van der Waals surface area contributed by atoms with E-state index in [-0.39, 0.29) is 5.43 Å². The van der Waals surface area contributed by atoms with Gasteiger partial charge in [0.25, 0.3) is 0 Å². The minimum Gasteiger partial charge on any atom is -0.367 e. The molecule has 5 rings (SSSR count). The average Bonchev–Trinajstić information content (AvgIpc) is 3.34. The summed E-state index contributed by atoms with van der Waals surface area (Å²) in [5, 5.41) is 4.20. The van der Waals surface area contributed by atoms with Crippen molar-refractivity contribution in [2.75, 3.05) is 5.32 Å². The predicted octanol–water partition coefficient (Wildman–Crippen LogP) is 3.40. The SMILES string of the molecule is CCn1cc(-c2nccn2C)c(=O)c2cc(NC3Cc4ccccc4C3)ncc21. The summed E-state index contributed by atoms with van der Waals surface area (Å²) >= 11 is 0. The van der Waals surface area contributed by atoms with Crippen LogP contribution >= 0.6 is 0 Å². The highest BCUT2D eigenvalue weighted by Gasteiger charge is 2.21. The first-order valence-corrected chi connectivity index (χ1v) is 9.98. The summed E-state index contributed by atoms with van der Waals surface area (Å²) in [6.45, 7) is 2.81. The maximum absolute atomic E-state index is 13.3. The Hall–Kier alpha value is -3.41. The number of benzene rings is 1. The molecule has 0 amide bonds. The van der Waals surface area contributed by atoms with E-state index in [0.29, 0.717) is 22.8 Å². The van der Waals surface area contributed by atoms with Gasteiger partial charge in [0, 0.05) is 38.2 Å². The molecule has 1 aromatic carbocycles. The number of nitrogens with zero attached hydrogens (tertiary/aromatic N) is 4. The quantitative estimate of drug-likeness (QED) is 0.585. The molecule has 0 aliphatic heterocycles. The third-order valence-corrected chi connectivity index (χ3v) is 5.77. The van der Waals surface area contributed by atoms with Crippen LogP contribution in [0.5, 0.6) is 0 Å². The van der Waals surface area contributed by atoms with Gasteiger partial charge in [0.2, 0.25) is 5.43 Å². The third-order valence-electron chi connectivity index (χ3n) is 5.77. The smallest absolute Gasteiger partial charge is 0.200 e. The molecule has 4 aromatic rings. The molecule has 29 heavy (non-hydrogen) atoms. The van der Waals surface area contributed by atoms with Crippen LogP contribution in [0.4, 0.5) is 5.82 Å². The molecule has 1 aliphatic rings. The van der Waals surface area contributed by atoms with E-state index in [1.807, 2.05) is 30.1 Å². The fraction of sp³-hybridized carbons (Fsp3) is 0.261. The Kier molecular flexibility index (Phi) is 4.19. The summed E-state index contributed by atoms with van der Waals surface area (Å²) in [6.07, 6.45) is 9.20. The zero-order chi connectivity index (χ0) is 20.0. The van der Waals surface area contributed by atoms with Crippen LogP contribution in [0, 0.1) is 0 Å². The number of fused-ring (bicyclic) bond motifs is 2. The lowest BCUT2D eigenvalue weighted by Crippen LogP contribution is -2.21. The van der Waals surface area contributed by atoms with E-state index in [1.54, 1.807) is 12.4 Å². The van der Waals surface area contributed by atoms with Crippen LogP contribution in [0.2, 0.25) is 0 Å². The standard InChI is InChI=1S/C23H23N5O/c1-3-28-14-19(23-24-8-9-27(23)2)22(29)18-12-21(25-13-20(18)28)26-17-10-15-6-4-5-7-16(15)11-17/h4-9,12-14,17H,3,10-11H2,1-2H3,(H,25,26). The Bertz CT molecular complexity index is 1240. The molecule has 1 aliphatic carbocycles. The zero-order valence-corrected chi connectivity index (χ0v) is 16.6. The van der Waals surface area contributed by atoms with Crippen LogP contribution in [-0.2, 0) is 26.4 Å². The normalized spacial score (nSPS) is 13.7. The molecule has 0 saturated carbocycles. The molecule has 0 radical (unpaired) electrons. The van der Waals surface area contributed by atoms with E-state index in [0.717, 1.165) is 30.7 Å². The maximum Gasteiger partial charge on any atom is 0.200 e. The van der Waals surface area contributed by atoms with Gasteiger partial charge in [-0.3, -0.25) is 4.79 Å². The van der Waals surface area contributed by atoms with Gasteiger partial charge in [-0.1, -0.05) is 24.3 Å². The van der Waals surface area contributed by atoms with Gasteiger partial charge in [-0.25, -0.2) is 9.97 Å². The molecule has 0 atom stereocenters. The summed E-state index contributed by atoms with van der Waals surface area (Å²) in [6, 6.07) is 10.7. The lowest BCUT2D eigenvalue weighted by atomic mass is 10.1. The van der Waals surface area contributed by atoms with Crippen molar-refractivity contribution in [1.82, 2.24) is 19.1 Å². The highest BCUT2D eigenvalue weighted by Crippen LogP contribution is 2.25. The number of rotatable bonds is 4. The van der Waals surface area contributed by atoms with Gasteiger partial charge in [-0.05, 0) is 37.0 Å².